The summed E-state index contributed by atoms with van der Waals surface area (Å²) in [6.07, 6.45) is 0.0787. The first-order chi connectivity index (χ1) is 10.7. The molecule has 122 valence electrons. The van der Waals surface area contributed by atoms with Crippen LogP contribution in [0.5, 0.6) is 0 Å². The standard InChI is InChI=1S/C16H15Cl2NO3S/c1-16(2,15(21)22)7-11(20)6-10-8-23-14(19-10)12-4-3-9(17)5-13(12)18/h3-5,8H,6-7H2,1-2H3,(H,21,22). The lowest BCUT2D eigenvalue weighted by Gasteiger charge is -2.17. The van der Waals surface area contributed by atoms with Gasteiger partial charge in [-0.2, -0.15) is 0 Å². The number of carboxylic acids is 1. The normalized spacial score (nSPS) is 11.5. The summed E-state index contributed by atoms with van der Waals surface area (Å²) in [5.41, 5.74) is 0.294. The van der Waals surface area contributed by atoms with Gasteiger partial charge < -0.3 is 5.11 Å². The lowest BCUT2D eigenvalue weighted by molar-refractivity contribution is -0.149. The third-order valence-corrected chi connectivity index (χ3v) is 4.78. The maximum absolute atomic E-state index is 12.0. The van der Waals surface area contributed by atoms with Crippen LogP contribution >= 0.6 is 34.5 Å². The summed E-state index contributed by atoms with van der Waals surface area (Å²) in [4.78, 5) is 27.5. The number of benzene rings is 1. The average Bonchev–Trinajstić information content (AvgIpc) is 2.85. The van der Waals surface area contributed by atoms with Gasteiger partial charge in [-0.1, -0.05) is 23.2 Å². The van der Waals surface area contributed by atoms with E-state index in [0.717, 1.165) is 5.56 Å². The second-order valence-corrected chi connectivity index (χ2v) is 7.55. The van der Waals surface area contributed by atoms with Crippen LogP contribution in [0.15, 0.2) is 23.6 Å². The number of aliphatic carboxylic acids is 1. The number of halogens is 2. The van der Waals surface area contributed by atoms with Gasteiger partial charge in [0.05, 0.1) is 16.1 Å². The Balaban J connectivity index is 2.11. The van der Waals surface area contributed by atoms with Gasteiger partial charge in [0.15, 0.2) is 0 Å². The summed E-state index contributed by atoms with van der Waals surface area (Å²) in [5.74, 6) is -1.14. The number of Topliss-reactive ketones (excluding diaryl/α,β-unsaturated/α-hetero) is 1. The zero-order chi connectivity index (χ0) is 17.2. The van der Waals surface area contributed by atoms with Gasteiger partial charge in [-0.25, -0.2) is 4.98 Å². The van der Waals surface area contributed by atoms with E-state index in [9.17, 15) is 9.59 Å². The molecule has 1 heterocycles. The van der Waals surface area contributed by atoms with Crippen molar-refractivity contribution < 1.29 is 14.7 Å². The first kappa shape index (κ1) is 17.9. The molecule has 0 radical (unpaired) electrons. The number of rotatable bonds is 6. The Morgan fingerprint density at radius 2 is 2.00 bits per heavy atom. The fraction of sp³-hybridized carbons (Fsp3) is 0.312. The van der Waals surface area contributed by atoms with Crippen molar-refractivity contribution in [3.05, 3.63) is 39.3 Å². The number of carbonyl (C=O) groups is 2. The number of thiazole rings is 1. The number of hydrogen-bond acceptors (Lipinski definition) is 4. The molecule has 0 aliphatic rings. The fourth-order valence-corrected chi connectivity index (χ4v) is 3.42. The van der Waals surface area contributed by atoms with Crippen LogP contribution < -0.4 is 0 Å². The van der Waals surface area contributed by atoms with Crippen molar-refractivity contribution in [3.63, 3.8) is 0 Å². The number of hydrogen-bond donors (Lipinski definition) is 1. The van der Waals surface area contributed by atoms with E-state index >= 15 is 0 Å². The van der Waals surface area contributed by atoms with E-state index in [0.29, 0.717) is 20.7 Å². The third kappa shape index (κ3) is 4.53. The topological polar surface area (TPSA) is 67.3 Å². The van der Waals surface area contributed by atoms with Crippen LogP contribution in [-0.2, 0) is 16.0 Å². The molecule has 1 aromatic carbocycles. The zero-order valence-corrected chi connectivity index (χ0v) is 14.9. The summed E-state index contributed by atoms with van der Waals surface area (Å²) in [6, 6.07) is 5.15. The van der Waals surface area contributed by atoms with Crippen LogP contribution in [0.25, 0.3) is 10.6 Å². The summed E-state index contributed by atoms with van der Waals surface area (Å²) in [7, 11) is 0. The third-order valence-electron chi connectivity index (χ3n) is 3.31. The van der Waals surface area contributed by atoms with Crippen LogP contribution in [0.3, 0.4) is 0 Å². The van der Waals surface area contributed by atoms with Gasteiger partial charge in [0.1, 0.15) is 10.8 Å². The van der Waals surface area contributed by atoms with E-state index < -0.39 is 11.4 Å². The minimum Gasteiger partial charge on any atom is -0.481 e. The van der Waals surface area contributed by atoms with Crippen molar-refractivity contribution in [2.24, 2.45) is 5.41 Å². The van der Waals surface area contributed by atoms with Gasteiger partial charge in [-0.05, 0) is 32.0 Å². The summed E-state index contributed by atoms with van der Waals surface area (Å²) < 4.78 is 0. The quantitative estimate of drug-likeness (QED) is 0.796. The van der Waals surface area contributed by atoms with E-state index in [4.69, 9.17) is 28.3 Å². The van der Waals surface area contributed by atoms with Crippen LogP contribution in [0.2, 0.25) is 10.0 Å². The monoisotopic (exact) mass is 371 g/mol. The molecule has 0 amide bonds. The van der Waals surface area contributed by atoms with Crippen molar-refractivity contribution in [3.8, 4) is 10.6 Å². The van der Waals surface area contributed by atoms with Gasteiger partial charge in [-0.15, -0.1) is 11.3 Å². The predicted octanol–water partition coefficient (Wildman–Crippen LogP) is 4.73. The molecule has 1 N–H and O–H groups in total. The Labute approximate surface area is 148 Å². The second kappa shape index (κ2) is 6.99. The maximum atomic E-state index is 12.0. The minimum absolute atomic E-state index is 0.0309. The molecule has 0 unspecified atom stereocenters. The zero-order valence-electron chi connectivity index (χ0n) is 12.6. The summed E-state index contributed by atoms with van der Waals surface area (Å²) >= 11 is 13.4. The van der Waals surface area contributed by atoms with Gasteiger partial charge in [0.2, 0.25) is 0 Å². The van der Waals surface area contributed by atoms with E-state index in [1.165, 1.54) is 25.2 Å². The van der Waals surface area contributed by atoms with Crippen LogP contribution in [0, 0.1) is 5.41 Å². The van der Waals surface area contributed by atoms with Gasteiger partial charge >= 0.3 is 5.97 Å². The molecule has 0 aliphatic carbocycles. The van der Waals surface area contributed by atoms with E-state index in [1.54, 1.807) is 23.6 Å². The Kier molecular flexibility index (Phi) is 5.45. The predicted molar refractivity (Wildman–Crippen MR) is 92.3 cm³/mol. The number of aromatic nitrogens is 1. The highest BCUT2D eigenvalue weighted by atomic mass is 35.5. The Morgan fingerprint density at radius 3 is 2.61 bits per heavy atom. The number of ketones is 1. The molecule has 0 bridgehead atoms. The highest BCUT2D eigenvalue weighted by Crippen LogP contribution is 2.32. The molecule has 0 saturated carbocycles. The summed E-state index contributed by atoms with van der Waals surface area (Å²) in [5, 5.41) is 12.6. The molecular formula is C16H15Cl2NO3S. The van der Waals surface area contributed by atoms with Crippen molar-refractivity contribution in [2.75, 3.05) is 0 Å². The molecule has 0 atom stereocenters. The molecule has 7 heteroatoms. The summed E-state index contributed by atoms with van der Waals surface area (Å²) in [6.45, 7) is 3.07. The van der Waals surface area contributed by atoms with E-state index in [1.807, 2.05) is 0 Å². The van der Waals surface area contributed by atoms with Gasteiger partial charge in [0.25, 0.3) is 0 Å². The van der Waals surface area contributed by atoms with Gasteiger partial charge in [0, 0.05) is 28.8 Å². The molecule has 23 heavy (non-hydrogen) atoms. The molecule has 4 nitrogen and oxygen atoms in total. The van der Waals surface area contributed by atoms with Crippen molar-refractivity contribution in [1.29, 1.82) is 0 Å². The Bertz CT molecular complexity index is 756. The van der Waals surface area contributed by atoms with Crippen LogP contribution in [-0.4, -0.2) is 21.8 Å². The largest absolute Gasteiger partial charge is 0.481 e. The first-order valence-electron chi connectivity index (χ1n) is 6.84. The fourth-order valence-electron chi connectivity index (χ4n) is 2.01. The van der Waals surface area contributed by atoms with Crippen molar-refractivity contribution >= 4 is 46.3 Å². The number of carboxylic acid groups (broad SMARTS) is 1. The van der Waals surface area contributed by atoms with Crippen molar-refractivity contribution in [1.82, 2.24) is 4.98 Å². The molecule has 1 aromatic heterocycles. The maximum Gasteiger partial charge on any atom is 0.309 e. The van der Waals surface area contributed by atoms with E-state index in [2.05, 4.69) is 4.98 Å². The highest BCUT2D eigenvalue weighted by molar-refractivity contribution is 7.13. The molecule has 2 rings (SSSR count). The molecule has 0 spiro atoms. The number of nitrogens with zero attached hydrogens (tertiary/aromatic N) is 1. The Hall–Kier alpha value is -1.43. The molecule has 0 aliphatic heterocycles. The smallest absolute Gasteiger partial charge is 0.309 e. The SMILES string of the molecule is CC(C)(CC(=O)Cc1csc(-c2ccc(Cl)cc2Cl)n1)C(=O)O. The molecule has 0 saturated heterocycles. The van der Waals surface area contributed by atoms with Crippen LogP contribution in [0.1, 0.15) is 26.0 Å². The number of carbonyl (C=O) groups excluding carboxylic acids is 1. The Morgan fingerprint density at radius 1 is 1.30 bits per heavy atom. The average molecular weight is 372 g/mol. The molecular weight excluding hydrogens is 357 g/mol. The molecule has 2 aromatic rings. The van der Waals surface area contributed by atoms with Crippen LogP contribution in [0.4, 0.5) is 0 Å². The minimum atomic E-state index is -1.07. The van der Waals surface area contributed by atoms with Gasteiger partial charge in [-0.3, -0.25) is 9.59 Å². The molecule has 0 fully saturated rings. The first-order valence-corrected chi connectivity index (χ1v) is 8.47. The lowest BCUT2D eigenvalue weighted by Crippen LogP contribution is -2.27. The van der Waals surface area contributed by atoms with Crippen molar-refractivity contribution in [2.45, 2.75) is 26.7 Å². The second-order valence-electron chi connectivity index (χ2n) is 5.85. The van der Waals surface area contributed by atoms with E-state index in [-0.39, 0.29) is 18.6 Å². The highest BCUT2D eigenvalue weighted by Gasteiger charge is 2.30. The lowest BCUT2D eigenvalue weighted by atomic mass is 9.86.